The molecule has 2 fully saturated rings. The van der Waals surface area contributed by atoms with Crippen LogP contribution < -0.4 is 5.32 Å². The fourth-order valence-corrected chi connectivity index (χ4v) is 5.36. The maximum atomic E-state index is 12.5. The van der Waals surface area contributed by atoms with E-state index in [9.17, 15) is 8.42 Å². The van der Waals surface area contributed by atoms with Crippen molar-refractivity contribution in [1.29, 1.82) is 0 Å². The van der Waals surface area contributed by atoms with Crippen molar-refractivity contribution < 1.29 is 13.2 Å². The summed E-state index contributed by atoms with van der Waals surface area (Å²) in [5.41, 5.74) is 0. The van der Waals surface area contributed by atoms with E-state index in [4.69, 9.17) is 9.73 Å². The number of piperidine rings is 1. The molecule has 0 aromatic heterocycles. The van der Waals surface area contributed by atoms with E-state index in [-0.39, 0.29) is 42.4 Å². The number of aliphatic imine (C=N–C) groups is 1. The quantitative estimate of drug-likeness (QED) is 0.187. The van der Waals surface area contributed by atoms with Crippen molar-refractivity contribution >= 4 is 40.0 Å². The Hall–Kier alpha value is -0.170. The van der Waals surface area contributed by atoms with E-state index >= 15 is 0 Å². The molecule has 0 aromatic carbocycles. The van der Waals surface area contributed by atoms with Gasteiger partial charge in [0, 0.05) is 51.9 Å². The van der Waals surface area contributed by atoms with Crippen LogP contribution in [0.2, 0.25) is 0 Å². The summed E-state index contributed by atoms with van der Waals surface area (Å²) in [6.07, 6.45) is 5.08. The highest BCUT2D eigenvalue weighted by atomic mass is 127. The fourth-order valence-electron chi connectivity index (χ4n) is 4.07. The standard InChI is InChI=1S/C21H43N5O3S.HI/c1-5-22-21(23-10-8-12-24-11-7-6-9-20(24)4)25-13-15-26(16-14-25)30(27,28)18-17-29-19(2)3;/h19-20H,5-18H2,1-4H3,(H,22,23);1H. The van der Waals surface area contributed by atoms with Crippen LogP contribution in [0.5, 0.6) is 0 Å². The van der Waals surface area contributed by atoms with Gasteiger partial charge in [0.25, 0.3) is 0 Å². The van der Waals surface area contributed by atoms with Gasteiger partial charge in [-0.15, -0.1) is 24.0 Å². The molecule has 0 bridgehead atoms. The summed E-state index contributed by atoms with van der Waals surface area (Å²) in [6, 6.07) is 0.692. The van der Waals surface area contributed by atoms with E-state index in [2.05, 4.69) is 29.0 Å². The van der Waals surface area contributed by atoms with Crippen LogP contribution in [0.25, 0.3) is 0 Å². The summed E-state index contributed by atoms with van der Waals surface area (Å²) in [5.74, 6) is 0.957. The minimum Gasteiger partial charge on any atom is -0.378 e. The molecule has 8 nitrogen and oxygen atoms in total. The molecule has 2 rings (SSSR count). The third kappa shape index (κ3) is 10.1. The third-order valence-electron chi connectivity index (χ3n) is 5.86. The molecule has 31 heavy (non-hydrogen) atoms. The number of hydrogen-bond acceptors (Lipinski definition) is 5. The topological polar surface area (TPSA) is 77.5 Å². The number of halogens is 1. The van der Waals surface area contributed by atoms with Crippen LogP contribution in [0.3, 0.4) is 0 Å². The lowest BCUT2D eigenvalue weighted by atomic mass is 10.0. The van der Waals surface area contributed by atoms with Crippen LogP contribution in [0.15, 0.2) is 4.99 Å². The lowest BCUT2D eigenvalue weighted by molar-refractivity contribution is 0.0904. The molecule has 0 aliphatic carbocycles. The van der Waals surface area contributed by atoms with Gasteiger partial charge in [-0.25, -0.2) is 8.42 Å². The summed E-state index contributed by atoms with van der Waals surface area (Å²) in [7, 11) is -3.26. The van der Waals surface area contributed by atoms with Gasteiger partial charge >= 0.3 is 0 Å². The zero-order chi connectivity index (χ0) is 22.0. The van der Waals surface area contributed by atoms with E-state index in [0.717, 1.165) is 32.0 Å². The van der Waals surface area contributed by atoms with Gasteiger partial charge in [0.2, 0.25) is 10.0 Å². The van der Waals surface area contributed by atoms with Gasteiger partial charge < -0.3 is 19.9 Å². The first-order valence-electron chi connectivity index (χ1n) is 11.7. The molecular formula is C21H44IN5O3S. The number of sulfonamides is 1. The lowest BCUT2D eigenvalue weighted by Crippen LogP contribution is -2.54. The molecule has 2 aliphatic rings. The maximum Gasteiger partial charge on any atom is 0.216 e. The third-order valence-corrected chi connectivity index (χ3v) is 7.70. The molecule has 0 aromatic rings. The second-order valence-corrected chi connectivity index (χ2v) is 10.7. The van der Waals surface area contributed by atoms with Gasteiger partial charge in [-0.3, -0.25) is 4.99 Å². The first-order valence-corrected chi connectivity index (χ1v) is 13.3. The molecule has 0 amide bonds. The fraction of sp³-hybridized carbons (Fsp3) is 0.952. The Labute approximate surface area is 207 Å². The average Bonchev–Trinajstić information content (AvgIpc) is 2.71. The second-order valence-electron chi connectivity index (χ2n) is 8.59. The van der Waals surface area contributed by atoms with Gasteiger partial charge in [-0.05, 0) is 53.5 Å². The minimum atomic E-state index is -3.26. The molecule has 1 N–H and O–H groups in total. The first-order chi connectivity index (χ1) is 14.3. The van der Waals surface area contributed by atoms with Gasteiger partial charge in [0.15, 0.2) is 5.96 Å². The van der Waals surface area contributed by atoms with Gasteiger partial charge in [-0.1, -0.05) is 6.42 Å². The molecule has 2 heterocycles. The number of rotatable bonds is 10. The van der Waals surface area contributed by atoms with Crippen LogP contribution in [0.4, 0.5) is 0 Å². The molecule has 184 valence electrons. The van der Waals surface area contributed by atoms with E-state index in [1.165, 1.54) is 25.8 Å². The second kappa shape index (κ2) is 14.9. The number of ether oxygens (including phenoxy) is 1. The van der Waals surface area contributed by atoms with Crippen molar-refractivity contribution in [2.45, 2.75) is 65.5 Å². The summed E-state index contributed by atoms with van der Waals surface area (Å²) < 4.78 is 32.1. The molecule has 2 saturated heterocycles. The Bertz CT molecular complexity index is 625. The zero-order valence-electron chi connectivity index (χ0n) is 19.9. The maximum absolute atomic E-state index is 12.5. The van der Waals surface area contributed by atoms with Crippen molar-refractivity contribution in [2.24, 2.45) is 4.99 Å². The van der Waals surface area contributed by atoms with Crippen LogP contribution >= 0.6 is 24.0 Å². The number of likely N-dealkylation sites (tertiary alicyclic amines) is 1. The minimum absolute atomic E-state index is 0. The Balaban J connectivity index is 0.00000480. The van der Waals surface area contributed by atoms with Gasteiger partial charge in [0.1, 0.15) is 0 Å². The van der Waals surface area contributed by atoms with Crippen molar-refractivity contribution in [3.63, 3.8) is 0 Å². The zero-order valence-corrected chi connectivity index (χ0v) is 23.0. The number of piperazine rings is 1. The molecule has 2 aliphatic heterocycles. The lowest BCUT2D eigenvalue weighted by Gasteiger charge is -2.36. The first kappa shape index (κ1) is 28.9. The van der Waals surface area contributed by atoms with E-state index in [1.807, 2.05) is 13.8 Å². The Morgan fingerprint density at radius 2 is 1.87 bits per heavy atom. The van der Waals surface area contributed by atoms with Gasteiger partial charge in [0.05, 0.1) is 18.5 Å². The van der Waals surface area contributed by atoms with Crippen molar-refractivity contribution in [1.82, 2.24) is 19.4 Å². The predicted octanol–water partition coefficient (Wildman–Crippen LogP) is 2.21. The number of nitrogens with one attached hydrogen (secondary N) is 1. The highest BCUT2D eigenvalue weighted by molar-refractivity contribution is 14.0. The van der Waals surface area contributed by atoms with E-state index in [0.29, 0.717) is 32.2 Å². The average molecular weight is 574 g/mol. The molecule has 0 saturated carbocycles. The predicted molar refractivity (Wildman–Crippen MR) is 139 cm³/mol. The molecule has 10 heteroatoms. The Kier molecular flexibility index (Phi) is 13.8. The Morgan fingerprint density at radius 3 is 2.48 bits per heavy atom. The van der Waals surface area contributed by atoms with Crippen LogP contribution in [-0.2, 0) is 14.8 Å². The largest absolute Gasteiger partial charge is 0.378 e. The van der Waals surface area contributed by atoms with E-state index in [1.54, 1.807) is 4.31 Å². The smallest absolute Gasteiger partial charge is 0.216 e. The van der Waals surface area contributed by atoms with Crippen molar-refractivity contribution in [3.05, 3.63) is 0 Å². The van der Waals surface area contributed by atoms with Crippen LogP contribution in [-0.4, -0.2) is 105 Å². The highest BCUT2D eigenvalue weighted by Crippen LogP contribution is 2.16. The molecule has 1 unspecified atom stereocenters. The van der Waals surface area contributed by atoms with Crippen molar-refractivity contribution in [3.8, 4) is 0 Å². The molecule has 0 radical (unpaired) electrons. The van der Waals surface area contributed by atoms with Crippen LogP contribution in [0, 0.1) is 0 Å². The summed E-state index contributed by atoms with van der Waals surface area (Å²) in [6.45, 7) is 14.7. The number of guanidine groups is 1. The van der Waals surface area contributed by atoms with Crippen molar-refractivity contribution in [2.75, 3.05) is 64.7 Å². The SMILES string of the molecule is CCNC(=NCCCN1CCCCC1C)N1CCN(S(=O)(=O)CCOC(C)C)CC1.I. The number of hydrogen-bond donors (Lipinski definition) is 1. The Morgan fingerprint density at radius 1 is 1.16 bits per heavy atom. The summed E-state index contributed by atoms with van der Waals surface area (Å²) in [5, 5.41) is 3.37. The molecule has 1 atom stereocenters. The number of nitrogens with zero attached hydrogens (tertiary/aromatic N) is 4. The normalized spacial score (nSPS) is 21.9. The highest BCUT2D eigenvalue weighted by Gasteiger charge is 2.28. The summed E-state index contributed by atoms with van der Waals surface area (Å²) in [4.78, 5) is 9.59. The van der Waals surface area contributed by atoms with Gasteiger partial charge in [-0.2, -0.15) is 4.31 Å². The molecule has 0 spiro atoms. The van der Waals surface area contributed by atoms with E-state index < -0.39 is 10.0 Å². The molecular weight excluding hydrogens is 529 g/mol. The van der Waals surface area contributed by atoms with Crippen LogP contribution in [0.1, 0.15) is 53.4 Å². The summed E-state index contributed by atoms with van der Waals surface area (Å²) >= 11 is 0. The monoisotopic (exact) mass is 573 g/mol.